The van der Waals surface area contributed by atoms with Gasteiger partial charge in [-0.25, -0.2) is 0 Å². The lowest BCUT2D eigenvalue weighted by atomic mass is 9.70. The predicted molar refractivity (Wildman–Crippen MR) is 113 cm³/mol. The molecule has 3 nitrogen and oxygen atoms in total. The van der Waals surface area contributed by atoms with Gasteiger partial charge in [-0.3, -0.25) is 4.79 Å². The van der Waals surface area contributed by atoms with Crippen LogP contribution in [-0.4, -0.2) is 49.4 Å². The number of rotatable bonds is 13. The monoisotopic (exact) mass is 360 g/mol. The van der Waals surface area contributed by atoms with E-state index in [2.05, 4.69) is 70.1 Å². The first kappa shape index (κ1) is 22.7. The van der Waals surface area contributed by atoms with Gasteiger partial charge >= 0.3 is 0 Å². The van der Waals surface area contributed by atoms with Crippen LogP contribution in [0, 0.1) is 0 Å². The largest absolute Gasteiger partial charge is 0.342 e. The van der Waals surface area contributed by atoms with E-state index in [0.29, 0.717) is 12.3 Å². The fourth-order valence-corrected chi connectivity index (χ4v) is 3.70. The highest BCUT2D eigenvalue weighted by molar-refractivity contribution is 5.78. The molecule has 0 fully saturated rings. The van der Waals surface area contributed by atoms with Crippen LogP contribution in [0.4, 0.5) is 0 Å². The van der Waals surface area contributed by atoms with E-state index in [1.54, 1.807) is 0 Å². The zero-order chi connectivity index (χ0) is 19.4. The minimum absolute atomic E-state index is 0.0180. The van der Waals surface area contributed by atoms with E-state index in [9.17, 15) is 4.79 Å². The Kier molecular flexibility index (Phi) is 10.6. The van der Waals surface area contributed by atoms with Crippen molar-refractivity contribution in [2.75, 3.05) is 33.7 Å². The van der Waals surface area contributed by atoms with E-state index in [0.717, 1.165) is 32.5 Å². The molecule has 0 radical (unpaired) electrons. The van der Waals surface area contributed by atoms with E-state index in [-0.39, 0.29) is 5.41 Å². The van der Waals surface area contributed by atoms with E-state index in [1.807, 2.05) is 4.90 Å². The number of unbranched alkanes of at least 4 members (excludes halogenated alkanes) is 2. The van der Waals surface area contributed by atoms with Gasteiger partial charge in [0, 0.05) is 31.5 Å². The number of amides is 1. The molecule has 26 heavy (non-hydrogen) atoms. The van der Waals surface area contributed by atoms with Crippen molar-refractivity contribution in [1.82, 2.24) is 9.80 Å². The summed E-state index contributed by atoms with van der Waals surface area (Å²) in [6.07, 6.45) is 7.54. The molecule has 0 saturated carbocycles. The fourth-order valence-electron chi connectivity index (χ4n) is 3.70. The van der Waals surface area contributed by atoms with Gasteiger partial charge in [-0.05, 0) is 39.4 Å². The minimum Gasteiger partial charge on any atom is -0.342 e. The smallest absolute Gasteiger partial charge is 0.223 e. The molecular formula is C23H40N2O. The van der Waals surface area contributed by atoms with Crippen LogP contribution >= 0.6 is 0 Å². The van der Waals surface area contributed by atoms with Gasteiger partial charge in [-0.15, -0.1) is 0 Å². The van der Waals surface area contributed by atoms with Gasteiger partial charge in [0.05, 0.1) is 0 Å². The molecule has 0 atom stereocenters. The molecule has 1 aromatic rings. The number of hydrogen-bond acceptors (Lipinski definition) is 2. The van der Waals surface area contributed by atoms with Gasteiger partial charge in [0.25, 0.3) is 0 Å². The first-order valence-electron chi connectivity index (χ1n) is 10.5. The van der Waals surface area contributed by atoms with E-state index < -0.39 is 0 Å². The molecule has 0 heterocycles. The Hall–Kier alpha value is -1.35. The summed E-state index contributed by atoms with van der Waals surface area (Å²) in [6.45, 7) is 9.10. The van der Waals surface area contributed by atoms with Crippen LogP contribution in [0.25, 0.3) is 0 Å². The standard InChI is InChI=1S/C23H40N2O/c1-6-9-16-23(17-10-7-2,21-14-12-11-13-15-21)20-22(26)25(8-3)19-18-24(4)5/h11-15H,6-10,16-20H2,1-5H3. The van der Waals surface area contributed by atoms with Gasteiger partial charge in [0.1, 0.15) is 0 Å². The average molecular weight is 361 g/mol. The van der Waals surface area contributed by atoms with Gasteiger partial charge in [0.2, 0.25) is 5.91 Å². The van der Waals surface area contributed by atoms with Crippen LogP contribution in [0.3, 0.4) is 0 Å². The number of hydrogen-bond donors (Lipinski definition) is 0. The van der Waals surface area contributed by atoms with E-state index in [4.69, 9.17) is 0 Å². The van der Waals surface area contributed by atoms with Gasteiger partial charge in [-0.1, -0.05) is 69.9 Å². The Balaban J connectivity index is 3.06. The predicted octanol–water partition coefficient (Wildman–Crippen LogP) is 5.11. The summed E-state index contributed by atoms with van der Waals surface area (Å²) in [4.78, 5) is 17.4. The van der Waals surface area contributed by atoms with Crippen molar-refractivity contribution in [3.63, 3.8) is 0 Å². The van der Waals surface area contributed by atoms with Crippen LogP contribution in [-0.2, 0) is 10.2 Å². The molecule has 148 valence electrons. The first-order chi connectivity index (χ1) is 12.5. The van der Waals surface area contributed by atoms with Crippen molar-refractivity contribution in [3.05, 3.63) is 35.9 Å². The number of likely N-dealkylation sites (N-methyl/N-ethyl adjacent to an activating group) is 2. The van der Waals surface area contributed by atoms with Gasteiger partial charge in [-0.2, -0.15) is 0 Å². The lowest BCUT2D eigenvalue weighted by molar-refractivity contribution is -0.132. The van der Waals surface area contributed by atoms with Gasteiger partial charge < -0.3 is 9.80 Å². The van der Waals surface area contributed by atoms with Crippen LogP contribution in [0.2, 0.25) is 0 Å². The van der Waals surface area contributed by atoms with Gasteiger partial charge in [0.15, 0.2) is 0 Å². The zero-order valence-corrected chi connectivity index (χ0v) is 17.8. The highest BCUT2D eigenvalue weighted by Crippen LogP contribution is 2.39. The average Bonchev–Trinajstić information content (AvgIpc) is 2.65. The highest BCUT2D eigenvalue weighted by Gasteiger charge is 2.34. The lowest BCUT2D eigenvalue weighted by Gasteiger charge is -2.36. The molecular weight excluding hydrogens is 320 g/mol. The third-order valence-corrected chi connectivity index (χ3v) is 5.45. The molecule has 1 rings (SSSR count). The highest BCUT2D eigenvalue weighted by atomic mass is 16.2. The number of benzene rings is 1. The van der Waals surface area contributed by atoms with Crippen LogP contribution in [0.15, 0.2) is 30.3 Å². The molecule has 0 saturated heterocycles. The minimum atomic E-state index is -0.0180. The molecule has 0 aliphatic heterocycles. The summed E-state index contributed by atoms with van der Waals surface area (Å²) in [5.41, 5.74) is 1.33. The van der Waals surface area contributed by atoms with Crippen molar-refractivity contribution < 1.29 is 4.79 Å². The Bertz CT molecular complexity index is 490. The van der Waals surface area contributed by atoms with Crippen LogP contribution < -0.4 is 0 Å². The number of carbonyl (C=O) groups is 1. The second kappa shape index (κ2) is 12.1. The van der Waals surface area contributed by atoms with Crippen molar-refractivity contribution in [2.24, 2.45) is 0 Å². The molecule has 1 amide bonds. The second-order valence-corrected chi connectivity index (χ2v) is 7.81. The third-order valence-electron chi connectivity index (χ3n) is 5.45. The van der Waals surface area contributed by atoms with E-state index >= 15 is 0 Å². The number of carbonyl (C=O) groups excluding carboxylic acids is 1. The molecule has 1 aromatic carbocycles. The molecule has 0 aliphatic carbocycles. The SMILES string of the molecule is CCCCC(CCCC)(CC(=O)N(CC)CCN(C)C)c1ccccc1. The Morgan fingerprint density at radius 3 is 1.96 bits per heavy atom. The summed E-state index contributed by atoms with van der Waals surface area (Å²) in [5.74, 6) is 0.311. The molecule has 0 unspecified atom stereocenters. The lowest BCUT2D eigenvalue weighted by Crippen LogP contribution is -2.41. The maximum absolute atomic E-state index is 13.2. The van der Waals surface area contributed by atoms with Crippen molar-refractivity contribution >= 4 is 5.91 Å². The fraction of sp³-hybridized carbons (Fsp3) is 0.696. The summed E-state index contributed by atoms with van der Waals surface area (Å²) >= 11 is 0. The summed E-state index contributed by atoms with van der Waals surface area (Å²) in [7, 11) is 4.13. The number of nitrogens with zero attached hydrogens (tertiary/aromatic N) is 2. The molecule has 0 aliphatic rings. The van der Waals surface area contributed by atoms with Crippen molar-refractivity contribution in [1.29, 1.82) is 0 Å². The third kappa shape index (κ3) is 7.11. The van der Waals surface area contributed by atoms with Crippen LogP contribution in [0.5, 0.6) is 0 Å². The summed E-state index contributed by atoms with van der Waals surface area (Å²) < 4.78 is 0. The maximum atomic E-state index is 13.2. The maximum Gasteiger partial charge on any atom is 0.223 e. The molecule has 0 bridgehead atoms. The Labute approximate surface area is 161 Å². The molecule has 0 N–H and O–H groups in total. The molecule has 3 heteroatoms. The first-order valence-corrected chi connectivity index (χ1v) is 10.5. The topological polar surface area (TPSA) is 23.6 Å². The summed E-state index contributed by atoms with van der Waals surface area (Å²) in [5, 5.41) is 0. The quantitative estimate of drug-likeness (QED) is 0.488. The molecule has 0 aromatic heterocycles. The second-order valence-electron chi connectivity index (χ2n) is 7.81. The summed E-state index contributed by atoms with van der Waals surface area (Å²) in [6, 6.07) is 10.8. The Morgan fingerprint density at radius 1 is 0.923 bits per heavy atom. The zero-order valence-electron chi connectivity index (χ0n) is 17.8. The van der Waals surface area contributed by atoms with Crippen LogP contribution in [0.1, 0.15) is 71.3 Å². The van der Waals surface area contributed by atoms with E-state index in [1.165, 1.54) is 31.2 Å². The Morgan fingerprint density at radius 2 is 1.50 bits per heavy atom. The van der Waals surface area contributed by atoms with Crippen molar-refractivity contribution in [3.8, 4) is 0 Å². The normalized spacial score (nSPS) is 11.8. The van der Waals surface area contributed by atoms with Crippen molar-refractivity contribution in [2.45, 2.75) is 71.1 Å². The molecule has 0 spiro atoms.